The smallest absolute Gasteiger partial charge is 0.231 e. The summed E-state index contributed by atoms with van der Waals surface area (Å²) in [6.45, 7) is 1.27. The van der Waals surface area contributed by atoms with E-state index in [0.29, 0.717) is 48.7 Å². The molecule has 2 aromatic rings. The second-order valence-electron chi connectivity index (χ2n) is 5.78. The average molecular weight is 350 g/mol. The van der Waals surface area contributed by atoms with Crippen LogP contribution in [-0.4, -0.2) is 42.4 Å². The molecule has 1 fully saturated rings. The van der Waals surface area contributed by atoms with Gasteiger partial charge in [-0.1, -0.05) is 23.7 Å². The number of methoxy groups -OCH3 is 2. The number of benzene rings is 1. The fourth-order valence-corrected chi connectivity index (χ4v) is 2.99. The van der Waals surface area contributed by atoms with Crippen molar-refractivity contribution >= 4 is 17.5 Å². The number of aromatic nitrogens is 2. The molecule has 0 saturated carbocycles. The van der Waals surface area contributed by atoms with Gasteiger partial charge in [-0.05, 0) is 30.5 Å². The first kappa shape index (κ1) is 16.8. The van der Waals surface area contributed by atoms with Crippen LogP contribution in [0.2, 0.25) is 5.02 Å². The molecular weight excluding hydrogens is 330 g/mol. The predicted octanol–water partition coefficient (Wildman–Crippen LogP) is 2.64. The summed E-state index contributed by atoms with van der Waals surface area (Å²) in [7, 11) is 3.11. The molecule has 0 radical (unpaired) electrons. The number of ether oxygens (including phenoxy) is 2. The van der Waals surface area contributed by atoms with E-state index in [4.69, 9.17) is 21.1 Å². The van der Waals surface area contributed by atoms with Gasteiger partial charge < -0.3 is 19.5 Å². The van der Waals surface area contributed by atoms with Crippen LogP contribution in [0.25, 0.3) is 0 Å². The molecule has 0 bridgehead atoms. The minimum Gasteiger partial charge on any atom is -0.481 e. The largest absolute Gasteiger partial charge is 0.481 e. The van der Waals surface area contributed by atoms with Gasteiger partial charge in [0.2, 0.25) is 17.7 Å². The van der Waals surface area contributed by atoms with Gasteiger partial charge in [0.1, 0.15) is 0 Å². The van der Waals surface area contributed by atoms with Gasteiger partial charge >= 0.3 is 0 Å². The lowest BCUT2D eigenvalue weighted by Crippen LogP contribution is -2.43. The van der Waals surface area contributed by atoms with Crippen molar-refractivity contribution in [1.82, 2.24) is 9.97 Å². The maximum absolute atomic E-state index is 10.9. The number of nitrogens with zero attached hydrogens (tertiary/aromatic N) is 3. The Morgan fingerprint density at radius 2 is 1.58 bits per heavy atom. The van der Waals surface area contributed by atoms with Crippen LogP contribution in [0.4, 0.5) is 5.95 Å². The van der Waals surface area contributed by atoms with Crippen LogP contribution < -0.4 is 14.4 Å². The van der Waals surface area contributed by atoms with Gasteiger partial charge in [-0.2, -0.15) is 9.97 Å². The Balaban J connectivity index is 1.76. The quantitative estimate of drug-likeness (QED) is 0.915. The first-order chi connectivity index (χ1) is 11.5. The molecule has 0 spiro atoms. The zero-order valence-electron chi connectivity index (χ0n) is 13.7. The predicted molar refractivity (Wildman–Crippen MR) is 91.9 cm³/mol. The van der Waals surface area contributed by atoms with Crippen LogP contribution in [-0.2, 0) is 5.60 Å². The third-order valence-electron chi connectivity index (χ3n) is 4.34. The number of halogens is 1. The second kappa shape index (κ2) is 6.83. The Hall–Kier alpha value is -2.05. The van der Waals surface area contributed by atoms with Gasteiger partial charge in [0.25, 0.3) is 0 Å². The Morgan fingerprint density at radius 3 is 2.08 bits per heavy atom. The molecule has 0 amide bonds. The monoisotopic (exact) mass is 349 g/mol. The highest BCUT2D eigenvalue weighted by molar-refractivity contribution is 6.30. The third kappa shape index (κ3) is 3.39. The van der Waals surface area contributed by atoms with E-state index in [2.05, 4.69) is 9.97 Å². The maximum atomic E-state index is 10.9. The van der Waals surface area contributed by atoms with Gasteiger partial charge in [-0.25, -0.2) is 0 Å². The molecule has 1 aromatic carbocycles. The van der Waals surface area contributed by atoms with Gasteiger partial charge in [0.05, 0.1) is 25.9 Å². The first-order valence-electron chi connectivity index (χ1n) is 7.74. The number of aliphatic hydroxyl groups is 1. The summed E-state index contributed by atoms with van der Waals surface area (Å²) >= 11 is 5.93. The molecule has 2 heterocycles. The molecule has 1 aliphatic rings. The summed E-state index contributed by atoms with van der Waals surface area (Å²) in [4.78, 5) is 10.8. The van der Waals surface area contributed by atoms with E-state index in [1.54, 1.807) is 32.4 Å². The lowest BCUT2D eigenvalue weighted by Gasteiger charge is -2.38. The van der Waals surface area contributed by atoms with Crippen LogP contribution >= 0.6 is 11.6 Å². The molecule has 0 atom stereocenters. The fraction of sp³-hybridized carbons (Fsp3) is 0.412. The van der Waals surface area contributed by atoms with E-state index >= 15 is 0 Å². The lowest BCUT2D eigenvalue weighted by atomic mass is 9.84. The summed E-state index contributed by atoms with van der Waals surface area (Å²) in [5.74, 6) is 1.45. The second-order valence-corrected chi connectivity index (χ2v) is 6.21. The molecule has 6 nitrogen and oxygen atoms in total. The topological polar surface area (TPSA) is 67.7 Å². The van der Waals surface area contributed by atoms with Crippen LogP contribution in [0.1, 0.15) is 18.4 Å². The maximum Gasteiger partial charge on any atom is 0.231 e. The third-order valence-corrected chi connectivity index (χ3v) is 4.59. The lowest BCUT2D eigenvalue weighted by molar-refractivity contribution is 0.0115. The average Bonchev–Trinajstić information content (AvgIpc) is 2.62. The van der Waals surface area contributed by atoms with Crippen LogP contribution in [0.5, 0.6) is 11.8 Å². The first-order valence-corrected chi connectivity index (χ1v) is 8.12. The fourth-order valence-electron chi connectivity index (χ4n) is 2.87. The zero-order chi connectivity index (χ0) is 17.2. The molecular formula is C17H20ClN3O3. The molecule has 1 aliphatic heterocycles. The summed E-state index contributed by atoms with van der Waals surface area (Å²) in [5.41, 5.74) is 0.0278. The molecule has 3 rings (SSSR count). The van der Waals surface area contributed by atoms with Crippen molar-refractivity contribution in [2.45, 2.75) is 18.4 Å². The number of hydrogen-bond acceptors (Lipinski definition) is 6. The highest BCUT2D eigenvalue weighted by atomic mass is 35.5. The summed E-state index contributed by atoms with van der Waals surface area (Å²) in [6, 6.07) is 9.00. The van der Waals surface area contributed by atoms with E-state index in [9.17, 15) is 5.11 Å². The van der Waals surface area contributed by atoms with Crippen molar-refractivity contribution in [2.75, 3.05) is 32.2 Å². The van der Waals surface area contributed by atoms with Crippen molar-refractivity contribution < 1.29 is 14.6 Å². The van der Waals surface area contributed by atoms with Crippen molar-refractivity contribution in [3.63, 3.8) is 0 Å². The standard InChI is InChI=1S/C17H20ClN3O3/c1-23-14-11-15(24-2)20-16(19-14)21-9-7-17(22,8-10-21)12-3-5-13(18)6-4-12/h3-6,11,22H,7-10H2,1-2H3. The van der Waals surface area contributed by atoms with Gasteiger partial charge in [0, 0.05) is 18.1 Å². The normalized spacial score (nSPS) is 16.8. The summed E-state index contributed by atoms with van der Waals surface area (Å²) < 4.78 is 10.4. The van der Waals surface area contributed by atoms with Crippen molar-refractivity contribution in [1.29, 1.82) is 0 Å². The van der Waals surface area contributed by atoms with Crippen molar-refractivity contribution in [2.24, 2.45) is 0 Å². The molecule has 24 heavy (non-hydrogen) atoms. The van der Waals surface area contributed by atoms with E-state index in [0.717, 1.165) is 5.56 Å². The summed E-state index contributed by atoms with van der Waals surface area (Å²) in [5, 5.41) is 11.6. The molecule has 1 N–H and O–H groups in total. The van der Waals surface area contributed by atoms with Gasteiger partial charge in [0.15, 0.2) is 0 Å². The van der Waals surface area contributed by atoms with Gasteiger partial charge in [-0.15, -0.1) is 0 Å². The van der Waals surface area contributed by atoms with Crippen LogP contribution in [0, 0.1) is 0 Å². The number of piperidine rings is 1. The number of hydrogen-bond donors (Lipinski definition) is 1. The molecule has 128 valence electrons. The van der Waals surface area contributed by atoms with Crippen LogP contribution in [0.3, 0.4) is 0 Å². The highest BCUT2D eigenvalue weighted by Crippen LogP contribution is 2.34. The Bertz CT molecular complexity index is 678. The highest BCUT2D eigenvalue weighted by Gasteiger charge is 2.34. The zero-order valence-corrected chi connectivity index (χ0v) is 14.5. The number of rotatable bonds is 4. The van der Waals surface area contributed by atoms with E-state index in [-0.39, 0.29) is 0 Å². The number of anilines is 1. The van der Waals surface area contributed by atoms with E-state index in [1.165, 1.54) is 0 Å². The minimum absolute atomic E-state index is 0.454. The molecule has 1 aromatic heterocycles. The van der Waals surface area contributed by atoms with E-state index < -0.39 is 5.60 Å². The SMILES string of the molecule is COc1cc(OC)nc(N2CCC(O)(c3ccc(Cl)cc3)CC2)n1. The molecule has 0 aliphatic carbocycles. The van der Waals surface area contributed by atoms with Gasteiger partial charge in [-0.3, -0.25) is 0 Å². The molecule has 1 saturated heterocycles. The minimum atomic E-state index is -0.857. The molecule has 0 unspecified atom stereocenters. The Morgan fingerprint density at radius 1 is 1.04 bits per heavy atom. The van der Waals surface area contributed by atoms with E-state index in [1.807, 2.05) is 17.0 Å². The van der Waals surface area contributed by atoms with Crippen molar-refractivity contribution in [3.05, 3.63) is 40.9 Å². The van der Waals surface area contributed by atoms with Crippen LogP contribution in [0.15, 0.2) is 30.3 Å². The summed E-state index contributed by atoms with van der Waals surface area (Å²) in [6.07, 6.45) is 1.16. The molecule has 7 heteroatoms. The Labute approximate surface area is 146 Å². The van der Waals surface area contributed by atoms with Crippen molar-refractivity contribution in [3.8, 4) is 11.8 Å². The Kier molecular flexibility index (Phi) is 4.78.